The third-order valence-electron chi connectivity index (χ3n) is 3.48. The van der Waals surface area contributed by atoms with E-state index in [9.17, 15) is 9.59 Å². The molecule has 0 radical (unpaired) electrons. The van der Waals surface area contributed by atoms with E-state index >= 15 is 0 Å². The molecule has 1 N–H and O–H groups in total. The van der Waals surface area contributed by atoms with E-state index in [0.29, 0.717) is 24.5 Å². The fourth-order valence-electron chi connectivity index (χ4n) is 2.39. The molecule has 118 valence electrons. The summed E-state index contributed by atoms with van der Waals surface area (Å²) >= 11 is 0. The van der Waals surface area contributed by atoms with Gasteiger partial charge in [-0.2, -0.15) is 0 Å². The molecule has 23 heavy (non-hydrogen) atoms. The summed E-state index contributed by atoms with van der Waals surface area (Å²) in [4.78, 5) is 24.1. The zero-order valence-corrected chi connectivity index (χ0v) is 12.5. The van der Waals surface area contributed by atoms with Gasteiger partial charge in [0.25, 0.3) is 0 Å². The number of rotatable bonds is 5. The number of anilines is 1. The topological polar surface area (TPSA) is 64.6 Å². The maximum Gasteiger partial charge on any atom is 0.232 e. The van der Waals surface area contributed by atoms with Gasteiger partial charge >= 0.3 is 0 Å². The van der Waals surface area contributed by atoms with Gasteiger partial charge in [-0.25, -0.2) is 0 Å². The Morgan fingerprint density at radius 3 is 2.48 bits per heavy atom. The van der Waals surface area contributed by atoms with E-state index in [-0.39, 0.29) is 18.1 Å². The number of hydrogen-bond acceptors (Lipinski definition) is 4. The van der Waals surface area contributed by atoms with Crippen LogP contribution in [0.4, 0.5) is 5.69 Å². The van der Waals surface area contributed by atoms with Gasteiger partial charge in [0.15, 0.2) is 12.1 Å². The van der Waals surface area contributed by atoms with Gasteiger partial charge in [-0.15, -0.1) is 0 Å². The minimum atomic E-state index is -0.391. The Bertz CT molecular complexity index is 693. The van der Waals surface area contributed by atoms with Crippen LogP contribution in [0.3, 0.4) is 0 Å². The van der Waals surface area contributed by atoms with Crippen LogP contribution in [-0.4, -0.2) is 24.9 Å². The van der Waals surface area contributed by atoms with Crippen molar-refractivity contribution in [3.63, 3.8) is 0 Å². The number of nitrogens with one attached hydrogen (secondary N) is 1. The summed E-state index contributed by atoms with van der Waals surface area (Å²) in [6, 6.07) is 16.0. The summed E-state index contributed by atoms with van der Waals surface area (Å²) in [6.07, 6.45) is -0.581. The second-order valence-electron chi connectivity index (χ2n) is 5.21. The fraction of sp³-hybridized carbons (Fsp3) is 0.222. The normalized spacial score (nSPS) is 14.6. The highest BCUT2D eigenvalue weighted by molar-refractivity contribution is 6.10. The molecule has 0 aromatic heterocycles. The first-order chi connectivity index (χ1) is 11.2. The largest absolute Gasteiger partial charge is 0.346 e. The Balaban J connectivity index is 1.61. The average Bonchev–Trinajstić information content (AvgIpc) is 3.10. The number of ether oxygens (including phenoxy) is 2. The molecule has 1 fully saturated rings. The molecule has 5 heteroatoms. The molecule has 2 aromatic carbocycles. The molecule has 0 bridgehead atoms. The smallest absolute Gasteiger partial charge is 0.232 e. The van der Waals surface area contributed by atoms with Crippen LogP contribution in [0.15, 0.2) is 54.6 Å². The van der Waals surface area contributed by atoms with E-state index in [4.69, 9.17) is 9.47 Å². The predicted octanol–water partition coefficient (Wildman–Crippen LogP) is 2.94. The minimum Gasteiger partial charge on any atom is -0.346 e. The molecule has 1 saturated heterocycles. The summed E-state index contributed by atoms with van der Waals surface area (Å²) in [5.74, 6) is -0.550. The number of amides is 1. The quantitative estimate of drug-likeness (QED) is 0.681. The average molecular weight is 311 g/mol. The molecule has 0 unspecified atom stereocenters. The van der Waals surface area contributed by atoms with Crippen molar-refractivity contribution < 1.29 is 19.1 Å². The molecule has 5 nitrogen and oxygen atoms in total. The molecular formula is C18H17NO4. The fourth-order valence-corrected chi connectivity index (χ4v) is 2.39. The summed E-state index contributed by atoms with van der Waals surface area (Å²) in [5, 5.41) is 2.74. The summed E-state index contributed by atoms with van der Waals surface area (Å²) in [7, 11) is 0. The van der Waals surface area contributed by atoms with Crippen LogP contribution in [0.25, 0.3) is 0 Å². The van der Waals surface area contributed by atoms with Crippen LogP contribution in [0.5, 0.6) is 0 Å². The molecule has 0 aliphatic carbocycles. The number of carbonyl (C=O) groups excluding carboxylic acids is 2. The first-order valence-electron chi connectivity index (χ1n) is 7.43. The van der Waals surface area contributed by atoms with Gasteiger partial charge in [0, 0.05) is 16.8 Å². The van der Waals surface area contributed by atoms with Crippen LogP contribution in [0, 0.1) is 0 Å². The Morgan fingerprint density at radius 2 is 1.74 bits per heavy atom. The maximum atomic E-state index is 12.0. The molecule has 1 aliphatic rings. The zero-order valence-electron chi connectivity index (χ0n) is 12.5. The van der Waals surface area contributed by atoms with Crippen LogP contribution < -0.4 is 5.32 Å². The van der Waals surface area contributed by atoms with Gasteiger partial charge in [0.2, 0.25) is 5.91 Å². The third-order valence-corrected chi connectivity index (χ3v) is 3.48. The number of ketones is 1. The summed E-state index contributed by atoms with van der Waals surface area (Å²) < 4.78 is 10.9. The lowest BCUT2D eigenvalue weighted by Gasteiger charge is -2.11. The van der Waals surface area contributed by atoms with Gasteiger partial charge in [-0.05, 0) is 12.1 Å². The number of benzene rings is 2. The third kappa shape index (κ3) is 4.03. The summed E-state index contributed by atoms with van der Waals surface area (Å²) in [6.45, 7) is 1.12. The molecule has 1 aliphatic heterocycles. The molecule has 1 heterocycles. The van der Waals surface area contributed by atoms with Crippen molar-refractivity contribution in [1.29, 1.82) is 0 Å². The lowest BCUT2D eigenvalue weighted by atomic mass is 10.1. The van der Waals surface area contributed by atoms with E-state index in [0.717, 1.165) is 5.56 Å². The summed E-state index contributed by atoms with van der Waals surface area (Å²) in [5.41, 5.74) is 1.99. The molecule has 2 aromatic rings. The first-order valence-corrected chi connectivity index (χ1v) is 7.43. The van der Waals surface area contributed by atoms with Gasteiger partial charge in [0.05, 0.1) is 19.6 Å². The Kier molecular flexibility index (Phi) is 4.80. The van der Waals surface area contributed by atoms with Crippen molar-refractivity contribution >= 4 is 17.4 Å². The van der Waals surface area contributed by atoms with Crippen molar-refractivity contribution in [2.24, 2.45) is 0 Å². The van der Waals surface area contributed by atoms with E-state index in [1.165, 1.54) is 0 Å². The second kappa shape index (κ2) is 7.17. The Morgan fingerprint density at radius 1 is 1.00 bits per heavy atom. The Hall–Kier alpha value is -2.50. The van der Waals surface area contributed by atoms with Crippen molar-refractivity contribution in [3.8, 4) is 0 Å². The standard InChI is InChI=1S/C18H17NO4/c20-16(13-5-2-1-3-6-13)12-17(21)19-15-8-4-7-14(11-15)18-22-9-10-23-18/h1-8,11,18H,9-10,12H2,(H,19,21). The lowest BCUT2D eigenvalue weighted by Crippen LogP contribution is -2.16. The molecule has 1 amide bonds. The van der Waals surface area contributed by atoms with Crippen molar-refractivity contribution in [3.05, 3.63) is 65.7 Å². The zero-order chi connectivity index (χ0) is 16.1. The minimum absolute atomic E-state index is 0.190. The van der Waals surface area contributed by atoms with Crippen LogP contribution in [0.1, 0.15) is 28.6 Å². The van der Waals surface area contributed by atoms with Crippen molar-refractivity contribution in [1.82, 2.24) is 0 Å². The maximum absolute atomic E-state index is 12.0. The van der Waals surface area contributed by atoms with E-state index < -0.39 is 6.29 Å². The van der Waals surface area contributed by atoms with Gasteiger partial charge < -0.3 is 14.8 Å². The number of hydrogen-bond donors (Lipinski definition) is 1. The number of carbonyl (C=O) groups is 2. The highest BCUT2D eigenvalue weighted by atomic mass is 16.7. The van der Waals surface area contributed by atoms with Crippen LogP contribution in [-0.2, 0) is 14.3 Å². The first kappa shape index (κ1) is 15.4. The number of Topliss-reactive ketones (excluding diaryl/α,β-unsaturated/α-hetero) is 1. The van der Waals surface area contributed by atoms with Gasteiger partial charge in [-0.3, -0.25) is 9.59 Å². The molecule has 3 rings (SSSR count). The highest BCUT2D eigenvalue weighted by Crippen LogP contribution is 2.25. The van der Waals surface area contributed by atoms with E-state index in [1.54, 1.807) is 36.4 Å². The van der Waals surface area contributed by atoms with Crippen LogP contribution in [0.2, 0.25) is 0 Å². The SMILES string of the molecule is O=C(CC(=O)c1ccccc1)Nc1cccc(C2OCCO2)c1. The molecule has 0 spiro atoms. The van der Waals surface area contributed by atoms with Gasteiger partial charge in [-0.1, -0.05) is 42.5 Å². The van der Waals surface area contributed by atoms with Crippen LogP contribution >= 0.6 is 0 Å². The molecule has 0 saturated carbocycles. The lowest BCUT2D eigenvalue weighted by molar-refractivity contribution is -0.115. The van der Waals surface area contributed by atoms with Crippen molar-refractivity contribution in [2.75, 3.05) is 18.5 Å². The monoisotopic (exact) mass is 311 g/mol. The van der Waals surface area contributed by atoms with Gasteiger partial charge in [0.1, 0.15) is 0 Å². The molecule has 0 atom stereocenters. The predicted molar refractivity (Wildman–Crippen MR) is 85.1 cm³/mol. The highest BCUT2D eigenvalue weighted by Gasteiger charge is 2.19. The Labute approximate surface area is 134 Å². The second-order valence-corrected chi connectivity index (χ2v) is 5.21. The van der Waals surface area contributed by atoms with E-state index in [1.807, 2.05) is 18.2 Å². The molecular weight excluding hydrogens is 294 g/mol. The van der Waals surface area contributed by atoms with Crippen molar-refractivity contribution in [2.45, 2.75) is 12.7 Å². The van der Waals surface area contributed by atoms with E-state index in [2.05, 4.69) is 5.32 Å².